The van der Waals surface area contributed by atoms with Crippen LogP contribution >= 0.6 is 0 Å². The van der Waals surface area contributed by atoms with Gasteiger partial charge in [-0.05, 0) is 60.7 Å². The fourth-order valence-electron chi connectivity index (χ4n) is 3.65. The van der Waals surface area contributed by atoms with Crippen LogP contribution in [-0.4, -0.2) is 41.5 Å². The van der Waals surface area contributed by atoms with Crippen molar-refractivity contribution in [3.8, 4) is 5.69 Å². The zero-order valence-electron chi connectivity index (χ0n) is 17.4. The smallest absolute Gasteiger partial charge is 0.243 e. The van der Waals surface area contributed by atoms with E-state index in [0.29, 0.717) is 24.7 Å². The quantitative estimate of drug-likeness (QED) is 0.639. The first kappa shape index (κ1) is 21.3. The van der Waals surface area contributed by atoms with Gasteiger partial charge in [0.15, 0.2) is 0 Å². The standard InChI is InChI=1S/C23H26N4O3S/c1-18-11-13-26(14-12-18)31(29,30)22-9-7-20(8-10-22)25-23(28)15-19-16-24-27(17-19)21-5-3-2-4-6-21/h2-10,16-18H,11-15H2,1H3,(H,25,28). The summed E-state index contributed by atoms with van der Waals surface area (Å²) in [6.07, 6.45) is 5.44. The highest BCUT2D eigenvalue weighted by atomic mass is 32.2. The number of aromatic nitrogens is 2. The summed E-state index contributed by atoms with van der Waals surface area (Å²) in [4.78, 5) is 12.7. The Morgan fingerprint density at radius 2 is 1.74 bits per heavy atom. The Hall–Kier alpha value is -2.97. The minimum absolute atomic E-state index is 0.179. The van der Waals surface area contributed by atoms with Crippen LogP contribution in [0.25, 0.3) is 5.69 Å². The SMILES string of the molecule is CC1CCN(S(=O)(=O)c2ccc(NC(=O)Cc3cnn(-c4ccccc4)c3)cc2)CC1. The van der Waals surface area contributed by atoms with E-state index in [9.17, 15) is 13.2 Å². The lowest BCUT2D eigenvalue weighted by Crippen LogP contribution is -2.37. The molecule has 0 unspecified atom stereocenters. The van der Waals surface area contributed by atoms with Crippen LogP contribution in [0.5, 0.6) is 0 Å². The van der Waals surface area contributed by atoms with Crippen LogP contribution in [0.1, 0.15) is 25.3 Å². The van der Waals surface area contributed by atoms with E-state index in [1.807, 2.05) is 36.5 Å². The number of nitrogens with zero attached hydrogens (tertiary/aromatic N) is 3. The lowest BCUT2D eigenvalue weighted by atomic mass is 10.0. The summed E-state index contributed by atoms with van der Waals surface area (Å²) >= 11 is 0. The van der Waals surface area contributed by atoms with Crippen LogP contribution in [0.3, 0.4) is 0 Å². The number of carbonyl (C=O) groups is 1. The highest BCUT2D eigenvalue weighted by molar-refractivity contribution is 7.89. The van der Waals surface area contributed by atoms with Gasteiger partial charge in [-0.25, -0.2) is 13.1 Å². The maximum Gasteiger partial charge on any atom is 0.243 e. The Balaban J connectivity index is 1.37. The van der Waals surface area contributed by atoms with Crippen molar-refractivity contribution in [3.05, 3.63) is 72.6 Å². The van der Waals surface area contributed by atoms with Gasteiger partial charge >= 0.3 is 0 Å². The number of rotatable bonds is 6. The Bertz CT molecular complexity index is 1130. The molecule has 7 nitrogen and oxygen atoms in total. The molecule has 8 heteroatoms. The molecular formula is C23H26N4O3S. The van der Waals surface area contributed by atoms with Gasteiger partial charge in [0.1, 0.15) is 0 Å². The molecule has 1 aliphatic heterocycles. The molecular weight excluding hydrogens is 412 g/mol. The summed E-state index contributed by atoms with van der Waals surface area (Å²) in [5.41, 5.74) is 2.28. The Morgan fingerprint density at radius 3 is 2.42 bits per heavy atom. The average molecular weight is 439 g/mol. The van der Waals surface area contributed by atoms with Gasteiger partial charge in [0.2, 0.25) is 15.9 Å². The zero-order valence-corrected chi connectivity index (χ0v) is 18.3. The molecule has 0 radical (unpaired) electrons. The van der Waals surface area contributed by atoms with E-state index in [1.54, 1.807) is 39.4 Å². The minimum atomic E-state index is -3.49. The van der Waals surface area contributed by atoms with Gasteiger partial charge < -0.3 is 5.32 Å². The van der Waals surface area contributed by atoms with E-state index in [4.69, 9.17) is 0 Å². The lowest BCUT2D eigenvalue weighted by molar-refractivity contribution is -0.115. The Morgan fingerprint density at radius 1 is 1.06 bits per heavy atom. The number of nitrogens with one attached hydrogen (secondary N) is 1. The van der Waals surface area contributed by atoms with Crippen LogP contribution in [0, 0.1) is 5.92 Å². The molecule has 0 aliphatic carbocycles. The number of amides is 1. The Labute approximate surface area is 182 Å². The molecule has 1 saturated heterocycles. The maximum atomic E-state index is 12.8. The second kappa shape index (κ2) is 9.03. The van der Waals surface area contributed by atoms with Crippen LogP contribution in [-0.2, 0) is 21.2 Å². The number of hydrogen-bond donors (Lipinski definition) is 1. The molecule has 0 saturated carbocycles. The predicted octanol–water partition coefficient (Wildman–Crippen LogP) is 3.47. The van der Waals surface area contributed by atoms with Crippen molar-refractivity contribution in [2.75, 3.05) is 18.4 Å². The number of benzene rings is 2. The molecule has 0 bridgehead atoms. The van der Waals surface area contributed by atoms with Crippen molar-refractivity contribution < 1.29 is 13.2 Å². The fourth-order valence-corrected chi connectivity index (χ4v) is 5.12. The first-order valence-electron chi connectivity index (χ1n) is 10.4. The molecule has 2 aromatic carbocycles. The molecule has 162 valence electrons. The van der Waals surface area contributed by atoms with Crippen LogP contribution < -0.4 is 5.32 Å². The molecule has 4 rings (SSSR count). The molecule has 1 aromatic heterocycles. The first-order chi connectivity index (χ1) is 14.9. The summed E-state index contributed by atoms with van der Waals surface area (Å²) in [5, 5.41) is 7.12. The summed E-state index contributed by atoms with van der Waals surface area (Å²) in [7, 11) is -3.49. The molecule has 1 aliphatic rings. The topological polar surface area (TPSA) is 84.3 Å². The van der Waals surface area contributed by atoms with E-state index in [1.165, 1.54) is 0 Å². The van der Waals surface area contributed by atoms with Crippen molar-refractivity contribution in [2.24, 2.45) is 5.92 Å². The second-order valence-electron chi connectivity index (χ2n) is 7.96. The monoisotopic (exact) mass is 438 g/mol. The summed E-state index contributed by atoms with van der Waals surface area (Å²) in [6, 6.07) is 16.0. The molecule has 2 heterocycles. The normalized spacial score (nSPS) is 15.6. The molecule has 1 amide bonds. The van der Waals surface area contributed by atoms with Gasteiger partial charge in [-0.15, -0.1) is 0 Å². The van der Waals surface area contributed by atoms with Crippen LogP contribution in [0.2, 0.25) is 0 Å². The number of piperidine rings is 1. The van der Waals surface area contributed by atoms with E-state index in [0.717, 1.165) is 24.1 Å². The number of para-hydroxylation sites is 1. The summed E-state index contributed by atoms with van der Waals surface area (Å²) in [6.45, 7) is 3.26. The summed E-state index contributed by atoms with van der Waals surface area (Å²) in [5.74, 6) is 0.372. The molecule has 31 heavy (non-hydrogen) atoms. The second-order valence-corrected chi connectivity index (χ2v) is 9.90. The van der Waals surface area contributed by atoms with Gasteiger partial charge in [-0.2, -0.15) is 9.40 Å². The van der Waals surface area contributed by atoms with Crippen molar-refractivity contribution in [1.82, 2.24) is 14.1 Å². The fraction of sp³-hybridized carbons (Fsp3) is 0.304. The zero-order chi connectivity index (χ0) is 21.8. The Kier molecular flexibility index (Phi) is 6.20. The highest BCUT2D eigenvalue weighted by Gasteiger charge is 2.27. The summed E-state index contributed by atoms with van der Waals surface area (Å²) < 4.78 is 28.9. The van der Waals surface area contributed by atoms with Crippen molar-refractivity contribution in [3.63, 3.8) is 0 Å². The lowest BCUT2D eigenvalue weighted by Gasteiger charge is -2.29. The van der Waals surface area contributed by atoms with Gasteiger partial charge in [-0.1, -0.05) is 25.1 Å². The van der Waals surface area contributed by atoms with Gasteiger partial charge in [0.25, 0.3) is 0 Å². The van der Waals surface area contributed by atoms with E-state index in [-0.39, 0.29) is 17.2 Å². The molecule has 3 aromatic rings. The van der Waals surface area contributed by atoms with Crippen molar-refractivity contribution >= 4 is 21.6 Å². The van der Waals surface area contributed by atoms with Crippen molar-refractivity contribution in [2.45, 2.75) is 31.1 Å². The average Bonchev–Trinajstić information content (AvgIpc) is 3.23. The molecule has 0 spiro atoms. The number of sulfonamides is 1. The predicted molar refractivity (Wildman–Crippen MR) is 119 cm³/mol. The van der Waals surface area contributed by atoms with E-state index in [2.05, 4.69) is 17.3 Å². The highest BCUT2D eigenvalue weighted by Crippen LogP contribution is 2.24. The third kappa shape index (κ3) is 5.03. The third-order valence-corrected chi connectivity index (χ3v) is 7.45. The third-order valence-electron chi connectivity index (χ3n) is 5.54. The van der Waals surface area contributed by atoms with Gasteiger partial charge in [-0.3, -0.25) is 4.79 Å². The first-order valence-corrected chi connectivity index (χ1v) is 11.8. The van der Waals surface area contributed by atoms with Gasteiger partial charge in [0, 0.05) is 25.0 Å². The minimum Gasteiger partial charge on any atom is -0.326 e. The number of anilines is 1. The maximum absolute atomic E-state index is 12.8. The number of hydrogen-bond acceptors (Lipinski definition) is 4. The van der Waals surface area contributed by atoms with Gasteiger partial charge in [0.05, 0.1) is 23.2 Å². The van der Waals surface area contributed by atoms with Crippen LogP contribution in [0.4, 0.5) is 5.69 Å². The molecule has 1 fully saturated rings. The van der Waals surface area contributed by atoms with Crippen LogP contribution in [0.15, 0.2) is 71.9 Å². The van der Waals surface area contributed by atoms with E-state index < -0.39 is 10.0 Å². The van der Waals surface area contributed by atoms with Crippen molar-refractivity contribution in [1.29, 1.82) is 0 Å². The number of carbonyl (C=O) groups excluding carboxylic acids is 1. The van der Waals surface area contributed by atoms with E-state index >= 15 is 0 Å². The largest absolute Gasteiger partial charge is 0.326 e. The molecule has 0 atom stereocenters. The molecule has 1 N–H and O–H groups in total.